The van der Waals surface area contributed by atoms with Gasteiger partial charge in [0.25, 0.3) is 0 Å². The summed E-state index contributed by atoms with van der Waals surface area (Å²) >= 11 is 7.42. The number of aromatic nitrogens is 1. The van der Waals surface area contributed by atoms with Gasteiger partial charge in [-0.1, -0.05) is 11.6 Å². The fourth-order valence-corrected chi connectivity index (χ4v) is 3.72. The van der Waals surface area contributed by atoms with E-state index in [-0.39, 0.29) is 17.7 Å². The minimum absolute atomic E-state index is 0.0223. The second kappa shape index (κ2) is 5.93. The van der Waals surface area contributed by atoms with Crippen molar-refractivity contribution in [3.05, 3.63) is 15.0 Å². The van der Waals surface area contributed by atoms with Crippen LogP contribution in [0.25, 0.3) is 0 Å². The van der Waals surface area contributed by atoms with Crippen LogP contribution < -0.4 is 5.32 Å². The number of carbonyl (C=O) groups is 2. The summed E-state index contributed by atoms with van der Waals surface area (Å²) in [6.07, 6.45) is 3.20. The summed E-state index contributed by atoms with van der Waals surface area (Å²) in [7, 11) is 0. The summed E-state index contributed by atoms with van der Waals surface area (Å²) in [4.78, 5) is 30.1. The number of halogens is 1. The molecule has 0 spiro atoms. The third-order valence-corrected chi connectivity index (χ3v) is 5.45. The van der Waals surface area contributed by atoms with Crippen molar-refractivity contribution in [1.82, 2.24) is 15.2 Å². The Kier molecular flexibility index (Phi) is 4.17. The Hall–Kier alpha value is -1.14. The number of hydrogen-bond acceptors (Lipinski definition) is 4. The molecule has 1 aliphatic heterocycles. The van der Waals surface area contributed by atoms with Crippen molar-refractivity contribution in [3.8, 4) is 0 Å². The maximum Gasteiger partial charge on any atom is 0.225 e. The monoisotopic (exact) mass is 327 g/mol. The van der Waals surface area contributed by atoms with Crippen molar-refractivity contribution in [2.75, 3.05) is 13.1 Å². The molecule has 1 aliphatic carbocycles. The van der Waals surface area contributed by atoms with E-state index in [0.717, 1.165) is 23.5 Å². The van der Waals surface area contributed by atoms with Crippen LogP contribution in [0, 0.1) is 12.8 Å². The Morgan fingerprint density at radius 2 is 2.29 bits per heavy atom. The van der Waals surface area contributed by atoms with Gasteiger partial charge in [0.1, 0.15) is 4.34 Å². The number of hydrogen-bond donors (Lipinski definition) is 1. The molecule has 0 bridgehead atoms. The molecular formula is C14H18ClN3O2S. The fourth-order valence-electron chi connectivity index (χ4n) is 2.62. The number of rotatable bonds is 5. The number of nitrogens with one attached hydrogen (secondary N) is 1. The Labute approximate surface area is 132 Å². The van der Waals surface area contributed by atoms with E-state index < -0.39 is 0 Å². The predicted octanol–water partition coefficient (Wildman–Crippen LogP) is 1.77. The van der Waals surface area contributed by atoms with E-state index in [1.165, 1.54) is 11.3 Å². The second-order valence-corrected chi connectivity index (χ2v) is 7.37. The van der Waals surface area contributed by atoms with E-state index in [2.05, 4.69) is 10.3 Å². The van der Waals surface area contributed by atoms with Gasteiger partial charge in [0.05, 0.1) is 16.6 Å². The molecule has 2 fully saturated rings. The topological polar surface area (TPSA) is 62.3 Å². The van der Waals surface area contributed by atoms with Gasteiger partial charge in [-0.25, -0.2) is 4.98 Å². The highest BCUT2D eigenvalue weighted by molar-refractivity contribution is 7.16. The van der Waals surface area contributed by atoms with E-state index in [9.17, 15) is 9.59 Å². The molecule has 1 atom stereocenters. The van der Waals surface area contributed by atoms with Gasteiger partial charge in [0.2, 0.25) is 11.8 Å². The Morgan fingerprint density at radius 3 is 2.90 bits per heavy atom. The van der Waals surface area contributed by atoms with Crippen molar-refractivity contribution in [1.29, 1.82) is 0 Å². The lowest BCUT2D eigenvalue weighted by Gasteiger charge is -2.15. The standard InChI is InChI=1S/C14H18ClN3O2S/c1-8-13(15)21-11(17-8)4-5-16-14(20)9-6-12(19)18(7-9)10-2-3-10/h9-10H,2-7H2,1H3,(H,16,20)/t9-/m1/s1. The van der Waals surface area contributed by atoms with E-state index in [0.29, 0.717) is 36.3 Å². The third-order valence-electron chi connectivity index (χ3n) is 3.94. The lowest BCUT2D eigenvalue weighted by molar-refractivity contribution is -0.129. The van der Waals surface area contributed by atoms with Crippen LogP contribution >= 0.6 is 22.9 Å². The largest absolute Gasteiger partial charge is 0.355 e. The van der Waals surface area contributed by atoms with Crippen LogP contribution in [-0.2, 0) is 16.0 Å². The molecular weight excluding hydrogens is 310 g/mol. The first-order valence-corrected chi connectivity index (χ1v) is 8.43. The predicted molar refractivity (Wildman–Crippen MR) is 81.4 cm³/mol. The van der Waals surface area contributed by atoms with Gasteiger partial charge in [0.15, 0.2) is 0 Å². The zero-order valence-corrected chi connectivity index (χ0v) is 13.5. The second-order valence-electron chi connectivity index (χ2n) is 5.69. The molecule has 2 aliphatic rings. The molecule has 1 aromatic heterocycles. The maximum absolute atomic E-state index is 12.1. The molecule has 0 aromatic carbocycles. The van der Waals surface area contributed by atoms with E-state index in [1.807, 2.05) is 11.8 Å². The van der Waals surface area contributed by atoms with Gasteiger partial charge >= 0.3 is 0 Å². The van der Waals surface area contributed by atoms with Gasteiger partial charge in [-0.2, -0.15) is 0 Å². The Balaban J connectivity index is 1.45. The first-order valence-electron chi connectivity index (χ1n) is 7.23. The number of likely N-dealkylation sites (tertiary alicyclic amines) is 1. The molecule has 1 saturated carbocycles. The van der Waals surface area contributed by atoms with Crippen molar-refractivity contribution in [2.45, 2.75) is 38.6 Å². The molecule has 114 valence electrons. The van der Waals surface area contributed by atoms with E-state index >= 15 is 0 Å². The summed E-state index contributed by atoms with van der Waals surface area (Å²) < 4.78 is 0.706. The molecule has 7 heteroatoms. The SMILES string of the molecule is Cc1nc(CCNC(=O)[C@@H]2CC(=O)N(C3CC3)C2)sc1Cl. The quantitative estimate of drug-likeness (QED) is 0.896. The highest BCUT2D eigenvalue weighted by Gasteiger charge is 2.41. The number of carbonyl (C=O) groups excluding carboxylic acids is 2. The Morgan fingerprint density at radius 1 is 1.52 bits per heavy atom. The molecule has 2 heterocycles. The van der Waals surface area contributed by atoms with Crippen molar-refractivity contribution in [2.24, 2.45) is 5.92 Å². The number of amides is 2. The van der Waals surface area contributed by atoms with Crippen molar-refractivity contribution >= 4 is 34.8 Å². The summed E-state index contributed by atoms with van der Waals surface area (Å²) in [6.45, 7) is 2.99. The smallest absolute Gasteiger partial charge is 0.225 e. The zero-order chi connectivity index (χ0) is 15.0. The van der Waals surface area contributed by atoms with Gasteiger partial charge in [-0.3, -0.25) is 9.59 Å². The van der Waals surface area contributed by atoms with E-state index in [1.54, 1.807) is 0 Å². The number of thiazole rings is 1. The van der Waals surface area contributed by atoms with Crippen LogP contribution in [0.2, 0.25) is 4.34 Å². The van der Waals surface area contributed by atoms with Crippen molar-refractivity contribution < 1.29 is 9.59 Å². The fraction of sp³-hybridized carbons (Fsp3) is 0.643. The van der Waals surface area contributed by atoms with E-state index in [4.69, 9.17) is 11.6 Å². The third kappa shape index (κ3) is 3.37. The zero-order valence-electron chi connectivity index (χ0n) is 11.9. The normalized spacial score (nSPS) is 21.9. The Bertz CT molecular complexity index is 551. The summed E-state index contributed by atoms with van der Waals surface area (Å²) in [5.74, 6) is -0.0921. The average Bonchev–Trinajstić information content (AvgIpc) is 3.13. The van der Waals surface area contributed by atoms with Gasteiger partial charge < -0.3 is 10.2 Å². The van der Waals surface area contributed by atoms with Gasteiger partial charge in [0, 0.05) is 32.0 Å². The lowest BCUT2D eigenvalue weighted by Crippen LogP contribution is -2.34. The number of nitrogens with zero attached hydrogens (tertiary/aromatic N) is 2. The van der Waals surface area contributed by atoms with Crippen LogP contribution in [0.3, 0.4) is 0 Å². The van der Waals surface area contributed by atoms with Crippen LogP contribution in [0.15, 0.2) is 0 Å². The molecule has 0 unspecified atom stereocenters. The molecule has 21 heavy (non-hydrogen) atoms. The first kappa shape index (κ1) is 14.8. The van der Waals surface area contributed by atoms with Crippen LogP contribution in [0.4, 0.5) is 0 Å². The molecule has 1 aromatic rings. The average molecular weight is 328 g/mol. The maximum atomic E-state index is 12.1. The van der Waals surface area contributed by atoms with Gasteiger partial charge in [-0.05, 0) is 19.8 Å². The summed E-state index contributed by atoms with van der Waals surface area (Å²) in [5.41, 5.74) is 0.837. The number of aryl methyl sites for hydroxylation is 1. The molecule has 3 rings (SSSR count). The van der Waals surface area contributed by atoms with Gasteiger partial charge in [-0.15, -0.1) is 11.3 Å². The highest BCUT2D eigenvalue weighted by atomic mass is 35.5. The van der Waals surface area contributed by atoms with Crippen molar-refractivity contribution in [3.63, 3.8) is 0 Å². The first-order chi connectivity index (χ1) is 10.0. The summed E-state index contributed by atoms with van der Waals surface area (Å²) in [5, 5.41) is 3.84. The molecule has 1 saturated heterocycles. The highest BCUT2D eigenvalue weighted by Crippen LogP contribution is 2.32. The minimum Gasteiger partial charge on any atom is -0.355 e. The van der Waals surface area contributed by atoms with Crippen LogP contribution in [0.5, 0.6) is 0 Å². The van der Waals surface area contributed by atoms with Crippen LogP contribution in [0.1, 0.15) is 30.0 Å². The lowest BCUT2D eigenvalue weighted by atomic mass is 10.1. The molecule has 0 radical (unpaired) electrons. The molecule has 1 N–H and O–H groups in total. The minimum atomic E-state index is -0.195. The molecule has 5 nitrogen and oxygen atoms in total. The summed E-state index contributed by atoms with van der Waals surface area (Å²) in [6, 6.07) is 0.399. The van der Waals surface area contributed by atoms with Crippen LogP contribution in [-0.4, -0.2) is 40.8 Å². The molecule has 2 amide bonds.